The van der Waals surface area contributed by atoms with Crippen molar-refractivity contribution < 1.29 is 9.47 Å². The molecule has 0 bridgehead atoms. The molecule has 0 spiro atoms. The third-order valence-electron chi connectivity index (χ3n) is 1.79. The number of hydrogen-bond acceptors (Lipinski definition) is 3. The summed E-state index contributed by atoms with van der Waals surface area (Å²) in [6.45, 7) is 0.541. The summed E-state index contributed by atoms with van der Waals surface area (Å²) >= 11 is 0. The van der Waals surface area contributed by atoms with Gasteiger partial charge in [0.05, 0.1) is 5.56 Å². The standard InChI is InChI=1S/C8H5NO2/c1-2-5-7-6(11-7)4-10-8(5)9-3-1/h1-3H,4H2. The zero-order valence-corrected chi connectivity index (χ0v) is 5.70. The van der Waals surface area contributed by atoms with Crippen molar-refractivity contribution in [1.29, 1.82) is 0 Å². The van der Waals surface area contributed by atoms with E-state index in [1.807, 2.05) is 12.1 Å². The molecule has 3 heteroatoms. The van der Waals surface area contributed by atoms with Crippen LogP contribution in [0.3, 0.4) is 0 Å². The first-order valence-electron chi connectivity index (χ1n) is 3.44. The number of rotatable bonds is 0. The fraction of sp³-hybridized carbons (Fsp3) is 0.125. The Bertz CT molecular complexity index is 357. The molecule has 3 heterocycles. The molecule has 2 aliphatic heterocycles. The van der Waals surface area contributed by atoms with Gasteiger partial charge in [0.25, 0.3) is 0 Å². The van der Waals surface area contributed by atoms with Gasteiger partial charge in [-0.25, -0.2) is 4.98 Å². The van der Waals surface area contributed by atoms with Crippen molar-refractivity contribution in [3.8, 4) is 5.88 Å². The molecule has 0 atom stereocenters. The van der Waals surface area contributed by atoms with Crippen LogP contribution in [0, 0.1) is 0 Å². The lowest BCUT2D eigenvalue weighted by atomic mass is 10.2. The lowest BCUT2D eigenvalue weighted by Crippen LogP contribution is -2.01. The number of nitrogens with zero attached hydrogens (tertiary/aromatic N) is 1. The number of hydrogen-bond donors (Lipinski definition) is 0. The lowest BCUT2D eigenvalue weighted by molar-refractivity contribution is 0.314. The van der Waals surface area contributed by atoms with Crippen LogP contribution in [0.25, 0.3) is 5.76 Å². The highest BCUT2D eigenvalue weighted by atomic mass is 16.6. The summed E-state index contributed by atoms with van der Waals surface area (Å²) in [7, 11) is 0. The quantitative estimate of drug-likeness (QED) is 0.552. The SMILES string of the molecule is c1cnc2c(c1)C1=C(CO2)O1. The maximum absolute atomic E-state index is 5.28. The second-order valence-electron chi connectivity index (χ2n) is 2.50. The molecule has 1 aromatic rings. The molecule has 3 rings (SSSR count). The summed E-state index contributed by atoms with van der Waals surface area (Å²) in [6, 6.07) is 3.82. The van der Waals surface area contributed by atoms with E-state index in [-0.39, 0.29) is 0 Å². The van der Waals surface area contributed by atoms with Gasteiger partial charge in [-0.1, -0.05) is 0 Å². The molecule has 2 aliphatic rings. The Hall–Kier alpha value is -1.51. The van der Waals surface area contributed by atoms with Crippen LogP contribution in [0.1, 0.15) is 5.56 Å². The molecule has 3 nitrogen and oxygen atoms in total. The normalized spacial score (nSPS) is 17.8. The first-order chi connectivity index (χ1) is 5.45. The first-order valence-corrected chi connectivity index (χ1v) is 3.44. The van der Waals surface area contributed by atoms with E-state index < -0.39 is 0 Å². The highest BCUT2D eigenvalue weighted by molar-refractivity contribution is 5.76. The number of ether oxygens (including phenoxy) is 2. The van der Waals surface area contributed by atoms with Crippen LogP contribution in [0.2, 0.25) is 0 Å². The molecule has 1 aromatic heterocycles. The molecule has 0 aromatic carbocycles. The molecule has 11 heavy (non-hydrogen) atoms. The van der Waals surface area contributed by atoms with Crippen LogP contribution >= 0.6 is 0 Å². The van der Waals surface area contributed by atoms with Gasteiger partial charge in [-0.15, -0.1) is 0 Å². The largest absolute Gasteiger partial charge is 0.469 e. The monoisotopic (exact) mass is 147 g/mol. The fourth-order valence-electron chi connectivity index (χ4n) is 1.21. The average molecular weight is 147 g/mol. The lowest BCUT2D eigenvalue weighted by Gasteiger charge is -2.04. The van der Waals surface area contributed by atoms with Gasteiger partial charge in [-0.3, -0.25) is 0 Å². The maximum atomic E-state index is 5.28. The van der Waals surface area contributed by atoms with Gasteiger partial charge in [0.1, 0.15) is 0 Å². The van der Waals surface area contributed by atoms with Gasteiger partial charge in [-0.05, 0) is 12.1 Å². The minimum absolute atomic E-state index is 0.541. The van der Waals surface area contributed by atoms with Crippen molar-refractivity contribution in [2.24, 2.45) is 0 Å². The van der Waals surface area contributed by atoms with Crippen LogP contribution in [-0.2, 0) is 4.74 Å². The second kappa shape index (κ2) is 1.56. The van der Waals surface area contributed by atoms with Crippen molar-refractivity contribution in [3.05, 3.63) is 29.7 Å². The van der Waals surface area contributed by atoms with E-state index in [0.29, 0.717) is 12.5 Å². The molecule has 0 saturated heterocycles. The van der Waals surface area contributed by atoms with Crippen molar-refractivity contribution >= 4 is 5.76 Å². The Morgan fingerprint density at radius 1 is 1.45 bits per heavy atom. The third kappa shape index (κ3) is 0.596. The van der Waals surface area contributed by atoms with Crippen molar-refractivity contribution in [3.63, 3.8) is 0 Å². The minimum atomic E-state index is 0.541. The van der Waals surface area contributed by atoms with Crippen molar-refractivity contribution in [2.45, 2.75) is 0 Å². The molecule has 0 unspecified atom stereocenters. The van der Waals surface area contributed by atoms with Gasteiger partial charge >= 0.3 is 0 Å². The van der Waals surface area contributed by atoms with Gasteiger partial charge in [0, 0.05) is 6.20 Å². The van der Waals surface area contributed by atoms with E-state index in [1.165, 1.54) is 0 Å². The Labute approximate surface area is 63.3 Å². The van der Waals surface area contributed by atoms with Gasteiger partial charge < -0.3 is 9.47 Å². The molecular formula is C8H5NO2. The Kier molecular flexibility index (Phi) is 0.733. The molecule has 0 radical (unpaired) electrons. The van der Waals surface area contributed by atoms with Gasteiger partial charge in [0.15, 0.2) is 18.1 Å². The molecule has 0 saturated carbocycles. The average Bonchev–Trinajstić information content (AvgIpc) is 2.83. The highest BCUT2D eigenvalue weighted by Gasteiger charge is 2.34. The smallest absolute Gasteiger partial charge is 0.225 e. The van der Waals surface area contributed by atoms with E-state index in [0.717, 1.165) is 17.1 Å². The van der Waals surface area contributed by atoms with E-state index in [2.05, 4.69) is 4.98 Å². The van der Waals surface area contributed by atoms with Crippen LogP contribution < -0.4 is 4.74 Å². The topological polar surface area (TPSA) is 34.6 Å². The fourth-order valence-corrected chi connectivity index (χ4v) is 1.21. The third-order valence-corrected chi connectivity index (χ3v) is 1.79. The zero-order chi connectivity index (χ0) is 7.26. The summed E-state index contributed by atoms with van der Waals surface area (Å²) < 4.78 is 10.5. The van der Waals surface area contributed by atoms with E-state index >= 15 is 0 Å². The number of fused-ring (bicyclic) bond motifs is 2. The summed E-state index contributed by atoms with van der Waals surface area (Å²) in [5.41, 5.74) is 0.980. The molecule has 54 valence electrons. The van der Waals surface area contributed by atoms with E-state index in [1.54, 1.807) is 6.20 Å². The highest BCUT2D eigenvalue weighted by Crippen LogP contribution is 2.43. The summed E-state index contributed by atoms with van der Waals surface area (Å²) in [6.07, 6.45) is 1.72. The van der Waals surface area contributed by atoms with Crippen LogP contribution in [0.5, 0.6) is 5.88 Å². The summed E-state index contributed by atoms with van der Waals surface area (Å²) in [4.78, 5) is 4.06. The van der Waals surface area contributed by atoms with E-state index in [9.17, 15) is 0 Å². The Morgan fingerprint density at radius 2 is 2.45 bits per heavy atom. The van der Waals surface area contributed by atoms with E-state index in [4.69, 9.17) is 9.47 Å². The minimum Gasteiger partial charge on any atom is -0.469 e. The predicted octanol–water partition coefficient (Wildman–Crippen LogP) is 1.17. The summed E-state index contributed by atoms with van der Waals surface area (Å²) in [5, 5.41) is 0. The Morgan fingerprint density at radius 3 is 3.45 bits per heavy atom. The predicted molar refractivity (Wildman–Crippen MR) is 37.7 cm³/mol. The second-order valence-corrected chi connectivity index (χ2v) is 2.50. The molecule has 0 amide bonds. The number of pyridine rings is 1. The molecule has 0 fully saturated rings. The maximum Gasteiger partial charge on any atom is 0.225 e. The number of aromatic nitrogens is 1. The van der Waals surface area contributed by atoms with Crippen LogP contribution in [0.4, 0.5) is 0 Å². The van der Waals surface area contributed by atoms with Gasteiger partial charge in [0.2, 0.25) is 5.88 Å². The zero-order valence-electron chi connectivity index (χ0n) is 5.70. The summed E-state index contributed by atoms with van der Waals surface area (Å²) in [5.74, 6) is 2.59. The Balaban J connectivity index is 2.25. The molecular weight excluding hydrogens is 142 g/mol. The van der Waals surface area contributed by atoms with Crippen molar-refractivity contribution in [1.82, 2.24) is 4.98 Å². The first kappa shape index (κ1) is 5.18. The van der Waals surface area contributed by atoms with Crippen molar-refractivity contribution in [2.75, 3.05) is 6.61 Å². The van der Waals surface area contributed by atoms with Gasteiger partial charge in [-0.2, -0.15) is 0 Å². The van der Waals surface area contributed by atoms with Crippen LogP contribution in [-0.4, -0.2) is 11.6 Å². The molecule has 0 aliphatic carbocycles. The molecule has 0 N–H and O–H groups in total. The van der Waals surface area contributed by atoms with Crippen LogP contribution in [0.15, 0.2) is 24.1 Å².